The van der Waals surface area contributed by atoms with Gasteiger partial charge in [0.1, 0.15) is 0 Å². The fourth-order valence-electron chi connectivity index (χ4n) is 12.7. The van der Waals surface area contributed by atoms with Crippen molar-refractivity contribution in [3.05, 3.63) is 278 Å². The first-order valence-corrected chi connectivity index (χ1v) is 26.4. The van der Waals surface area contributed by atoms with Crippen molar-refractivity contribution >= 4 is 82.0 Å². The molecule has 15 rings (SSSR count). The van der Waals surface area contributed by atoms with Crippen molar-refractivity contribution < 1.29 is 0 Å². The van der Waals surface area contributed by atoms with Crippen molar-refractivity contribution in [1.82, 2.24) is 0 Å². The molecule has 340 valence electrons. The third-order valence-corrected chi connectivity index (χ3v) is 17.3. The number of hydrogen-bond acceptors (Lipinski definition) is 1. The Morgan fingerprint density at radius 3 is 1.07 bits per heavy atom. The van der Waals surface area contributed by atoms with Crippen LogP contribution in [-0.4, -0.2) is 5.25 Å². The van der Waals surface area contributed by atoms with Gasteiger partial charge in [0, 0.05) is 16.1 Å². The molecule has 0 nitrogen and oxygen atoms in total. The molecule has 0 radical (unpaired) electrons. The molecule has 2 atom stereocenters. The van der Waals surface area contributed by atoms with Crippen molar-refractivity contribution in [3.63, 3.8) is 0 Å². The highest BCUT2D eigenvalue weighted by Crippen LogP contribution is 2.57. The van der Waals surface area contributed by atoms with Gasteiger partial charge in [0.15, 0.2) is 0 Å². The number of fused-ring (bicyclic) bond motifs is 9. The summed E-state index contributed by atoms with van der Waals surface area (Å²) >= 11 is 2.03. The maximum absolute atomic E-state index is 2.53. The van der Waals surface area contributed by atoms with E-state index in [1.165, 1.54) is 142 Å². The molecule has 0 amide bonds. The minimum absolute atomic E-state index is 0.220. The second kappa shape index (κ2) is 16.9. The van der Waals surface area contributed by atoms with Crippen LogP contribution in [0, 0.1) is 0 Å². The van der Waals surface area contributed by atoms with E-state index in [1.807, 2.05) is 11.8 Å². The Morgan fingerprint density at radius 1 is 0.274 bits per heavy atom. The molecule has 0 bridgehead atoms. The van der Waals surface area contributed by atoms with Crippen LogP contribution in [0.5, 0.6) is 0 Å². The van der Waals surface area contributed by atoms with E-state index in [1.54, 1.807) is 0 Å². The van der Waals surface area contributed by atoms with Crippen LogP contribution in [0.15, 0.2) is 272 Å². The Hall–Kier alpha value is -8.75. The summed E-state index contributed by atoms with van der Waals surface area (Å²) in [6.07, 6.45) is 7.20. The van der Waals surface area contributed by atoms with E-state index in [2.05, 4.69) is 267 Å². The lowest BCUT2D eigenvalue weighted by Crippen LogP contribution is -2.14. The van der Waals surface area contributed by atoms with Crippen LogP contribution in [0.25, 0.3) is 126 Å². The molecular weight excluding hydrogens is 897 g/mol. The van der Waals surface area contributed by atoms with E-state index in [9.17, 15) is 0 Å². The number of thioether (sulfide) groups is 1. The molecule has 1 aliphatic carbocycles. The van der Waals surface area contributed by atoms with Gasteiger partial charge in [-0.05, 0) is 149 Å². The van der Waals surface area contributed by atoms with Crippen LogP contribution in [-0.2, 0) is 0 Å². The third kappa shape index (κ3) is 6.56. The van der Waals surface area contributed by atoms with E-state index in [0.717, 1.165) is 0 Å². The molecule has 1 aliphatic heterocycles. The standard InChI is InChI=1S/C72H46S/c1-3-20-45(21-4-1)48-39-41-62(52-26-9-7-24-50(48)52)69-56-30-13-11-28-54(56)68(55-29-12-14-31-57(55)69)47-38-43-67-66(44-47)64-36-19-37-65(72(64)73-67)71-60-34-17-15-32-58(60)70(59-33-16-18-35-61(59)71)63-42-40-49(46-22-5-2-6-23-46)51-25-8-10-27-53(51)63/h1-44,64,72H. The smallest absolute Gasteiger partial charge is 0.0454 e. The summed E-state index contributed by atoms with van der Waals surface area (Å²) in [7, 11) is 0. The van der Waals surface area contributed by atoms with Gasteiger partial charge in [0.2, 0.25) is 0 Å². The molecule has 0 spiro atoms. The molecule has 2 aliphatic rings. The summed E-state index contributed by atoms with van der Waals surface area (Å²) in [5, 5.41) is 15.5. The summed E-state index contributed by atoms with van der Waals surface area (Å²) in [5.74, 6) is 0.220. The van der Waals surface area contributed by atoms with E-state index < -0.39 is 0 Å². The predicted octanol–water partition coefficient (Wildman–Crippen LogP) is 20.2. The Kier molecular flexibility index (Phi) is 9.75. The van der Waals surface area contributed by atoms with Gasteiger partial charge in [-0.1, -0.05) is 255 Å². The second-order valence-corrected chi connectivity index (χ2v) is 20.8. The predicted molar refractivity (Wildman–Crippen MR) is 315 cm³/mol. The van der Waals surface area contributed by atoms with Crippen LogP contribution in [0.2, 0.25) is 0 Å². The highest BCUT2D eigenvalue weighted by Gasteiger charge is 2.38. The number of allylic oxidation sites excluding steroid dienone is 3. The maximum atomic E-state index is 2.53. The zero-order valence-corrected chi connectivity index (χ0v) is 40.8. The van der Waals surface area contributed by atoms with Crippen LogP contribution in [0.4, 0.5) is 0 Å². The van der Waals surface area contributed by atoms with Gasteiger partial charge in [0.25, 0.3) is 0 Å². The Bertz CT molecular complexity index is 4350. The van der Waals surface area contributed by atoms with Gasteiger partial charge in [-0.15, -0.1) is 11.8 Å². The minimum atomic E-state index is 0.220. The molecule has 0 N–H and O–H groups in total. The average molecular weight is 943 g/mol. The minimum Gasteiger partial charge on any atom is -0.117 e. The van der Waals surface area contributed by atoms with Crippen molar-refractivity contribution in [3.8, 4) is 55.6 Å². The summed E-state index contributed by atoms with van der Waals surface area (Å²) in [6.45, 7) is 0. The molecule has 13 aromatic carbocycles. The van der Waals surface area contributed by atoms with Crippen LogP contribution >= 0.6 is 11.8 Å². The van der Waals surface area contributed by atoms with E-state index >= 15 is 0 Å². The monoisotopic (exact) mass is 942 g/mol. The highest BCUT2D eigenvalue weighted by atomic mass is 32.2. The first-order valence-electron chi connectivity index (χ1n) is 25.5. The SMILES string of the molecule is C1=CC2c3cc(-c4c5ccccc5c(-c5ccc(-c6ccccc6)c6ccccc56)c5ccccc45)ccc3SC2C(c2c3ccccc3c(-c3ccc(-c4ccccc4)c4ccccc34)c3ccccc23)=C1. The lowest BCUT2D eigenvalue weighted by atomic mass is 9.79. The van der Waals surface area contributed by atoms with Gasteiger partial charge < -0.3 is 0 Å². The topological polar surface area (TPSA) is 0 Å². The summed E-state index contributed by atoms with van der Waals surface area (Å²) in [5.41, 5.74) is 16.8. The number of rotatable bonds is 6. The van der Waals surface area contributed by atoms with Crippen LogP contribution in [0.1, 0.15) is 17.0 Å². The summed E-state index contributed by atoms with van der Waals surface area (Å²) in [6, 6.07) is 92.7. The molecule has 1 heteroatoms. The average Bonchev–Trinajstić information content (AvgIpc) is 3.84. The number of benzene rings is 13. The zero-order valence-electron chi connectivity index (χ0n) is 40.0. The first kappa shape index (κ1) is 42.0. The normalized spacial score (nSPS) is 15.1. The quantitative estimate of drug-likeness (QED) is 0.150. The van der Waals surface area contributed by atoms with E-state index in [0.29, 0.717) is 0 Å². The molecule has 13 aromatic rings. The Morgan fingerprint density at radius 2 is 0.630 bits per heavy atom. The van der Waals surface area contributed by atoms with Crippen molar-refractivity contribution in [2.45, 2.75) is 16.1 Å². The highest BCUT2D eigenvalue weighted by molar-refractivity contribution is 8.00. The van der Waals surface area contributed by atoms with Crippen LogP contribution < -0.4 is 0 Å². The fourth-order valence-corrected chi connectivity index (χ4v) is 14.2. The van der Waals surface area contributed by atoms with Gasteiger partial charge in [-0.25, -0.2) is 0 Å². The number of hydrogen-bond donors (Lipinski definition) is 0. The molecule has 0 fully saturated rings. The summed E-state index contributed by atoms with van der Waals surface area (Å²) < 4.78 is 0. The zero-order chi connectivity index (χ0) is 48.0. The Balaban J connectivity index is 0.866. The van der Waals surface area contributed by atoms with Crippen molar-refractivity contribution in [1.29, 1.82) is 0 Å². The lowest BCUT2D eigenvalue weighted by molar-refractivity contribution is 0.895. The van der Waals surface area contributed by atoms with Gasteiger partial charge in [-0.3, -0.25) is 0 Å². The molecular formula is C72H46S. The molecule has 0 saturated heterocycles. The lowest BCUT2D eigenvalue weighted by Gasteiger charge is -2.27. The second-order valence-electron chi connectivity index (χ2n) is 19.7. The van der Waals surface area contributed by atoms with Gasteiger partial charge in [0.05, 0.1) is 0 Å². The van der Waals surface area contributed by atoms with Gasteiger partial charge in [-0.2, -0.15) is 0 Å². The van der Waals surface area contributed by atoms with E-state index in [4.69, 9.17) is 0 Å². The maximum Gasteiger partial charge on any atom is 0.0454 e. The third-order valence-electron chi connectivity index (χ3n) is 15.8. The first-order chi connectivity index (χ1) is 36.3. The Labute approximate surface area is 429 Å². The largest absolute Gasteiger partial charge is 0.117 e. The fraction of sp³-hybridized carbons (Fsp3) is 0.0278. The van der Waals surface area contributed by atoms with Crippen molar-refractivity contribution in [2.75, 3.05) is 0 Å². The van der Waals surface area contributed by atoms with E-state index in [-0.39, 0.29) is 11.2 Å². The summed E-state index contributed by atoms with van der Waals surface area (Å²) in [4.78, 5) is 1.36. The molecule has 1 heterocycles. The molecule has 0 saturated carbocycles. The van der Waals surface area contributed by atoms with Crippen molar-refractivity contribution in [2.24, 2.45) is 0 Å². The molecule has 0 aromatic heterocycles. The molecule has 2 unspecified atom stereocenters. The molecule has 73 heavy (non-hydrogen) atoms. The van der Waals surface area contributed by atoms with Crippen LogP contribution in [0.3, 0.4) is 0 Å². The van der Waals surface area contributed by atoms with Gasteiger partial charge >= 0.3 is 0 Å².